The molecule has 2 heterocycles. The van der Waals surface area contributed by atoms with E-state index < -0.39 is 0 Å². The van der Waals surface area contributed by atoms with E-state index in [2.05, 4.69) is 11.1 Å². The quantitative estimate of drug-likeness (QED) is 0.720. The second-order valence-electron chi connectivity index (χ2n) is 3.45. The Balaban J connectivity index is 2.34. The first-order chi connectivity index (χ1) is 7.63. The average Bonchev–Trinajstić information content (AvgIpc) is 2.78. The van der Waals surface area contributed by atoms with Gasteiger partial charge in [-0.15, -0.1) is 11.3 Å². The van der Waals surface area contributed by atoms with Crippen molar-refractivity contribution in [1.82, 2.24) is 4.90 Å². The highest BCUT2D eigenvalue weighted by Crippen LogP contribution is 2.32. The van der Waals surface area contributed by atoms with Gasteiger partial charge < -0.3 is 0 Å². The molecule has 3 nitrogen and oxygen atoms in total. The van der Waals surface area contributed by atoms with Gasteiger partial charge in [0.1, 0.15) is 0 Å². The van der Waals surface area contributed by atoms with Crippen molar-refractivity contribution in [1.29, 1.82) is 0 Å². The number of thioether (sulfide) groups is 1. The van der Waals surface area contributed by atoms with Crippen LogP contribution in [0.15, 0.2) is 21.3 Å². The lowest BCUT2D eigenvalue weighted by Crippen LogP contribution is -2.23. The second kappa shape index (κ2) is 4.43. The van der Waals surface area contributed by atoms with Gasteiger partial charge in [-0.25, -0.2) is 0 Å². The summed E-state index contributed by atoms with van der Waals surface area (Å²) in [7, 11) is 3.45. The Hall–Kier alpha value is -1.07. The van der Waals surface area contributed by atoms with Crippen LogP contribution < -0.4 is 0 Å². The number of amidine groups is 1. The molecule has 1 amide bonds. The molecule has 0 N–H and O–H groups in total. The highest BCUT2D eigenvalue weighted by Gasteiger charge is 2.29. The molecule has 1 aliphatic heterocycles. The molecular formula is C11H12N2OS2. The van der Waals surface area contributed by atoms with Crippen LogP contribution in [-0.2, 0) is 4.79 Å². The van der Waals surface area contributed by atoms with Crippen molar-refractivity contribution in [2.45, 2.75) is 6.92 Å². The Labute approximate surface area is 103 Å². The first kappa shape index (κ1) is 11.4. The molecule has 5 heteroatoms. The van der Waals surface area contributed by atoms with Gasteiger partial charge in [0, 0.05) is 19.0 Å². The molecule has 16 heavy (non-hydrogen) atoms. The average molecular weight is 252 g/mol. The van der Waals surface area contributed by atoms with Crippen molar-refractivity contribution < 1.29 is 4.79 Å². The molecule has 1 aromatic heterocycles. The molecule has 1 aromatic rings. The number of nitrogens with zero attached hydrogens (tertiary/aromatic N) is 2. The van der Waals surface area contributed by atoms with Crippen LogP contribution in [-0.4, -0.2) is 30.1 Å². The van der Waals surface area contributed by atoms with Crippen LogP contribution in [0.25, 0.3) is 6.08 Å². The largest absolute Gasteiger partial charge is 0.290 e. The monoisotopic (exact) mass is 252 g/mol. The van der Waals surface area contributed by atoms with Gasteiger partial charge >= 0.3 is 0 Å². The number of hydrogen-bond acceptors (Lipinski definition) is 4. The zero-order valence-electron chi connectivity index (χ0n) is 9.35. The summed E-state index contributed by atoms with van der Waals surface area (Å²) in [5.74, 6) is 0.0263. The van der Waals surface area contributed by atoms with E-state index in [0.29, 0.717) is 0 Å². The fourth-order valence-corrected chi connectivity index (χ4v) is 3.24. The number of hydrogen-bond donors (Lipinski definition) is 0. The summed E-state index contributed by atoms with van der Waals surface area (Å²) in [6, 6.07) is 2.06. The molecule has 0 radical (unpaired) electrons. The van der Waals surface area contributed by atoms with Crippen LogP contribution in [0.4, 0.5) is 0 Å². The van der Waals surface area contributed by atoms with Crippen molar-refractivity contribution in [3.8, 4) is 0 Å². The molecule has 0 atom stereocenters. The van der Waals surface area contributed by atoms with E-state index in [1.807, 2.05) is 18.4 Å². The van der Waals surface area contributed by atoms with Gasteiger partial charge in [0.05, 0.1) is 4.91 Å². The standard InChI is InChI=1S/C11H12N2OS2/c1-7-4-5-15-8(7)6-9-10(14)13(3)11(12-2)16-9/h4-6H,1-3H3/b9-6+,12-11?. The Morgan fingerprint density at radius 1 is 1.50 bits per heavy atom. The summed E-state index contributed by atoms with van der Waals surface area (Å²) < 4.78 is 0. The number of thiophene rings is 1. The van der Waals surface area contributed by atoms with Crippen molar-refractivity contribution >= 4 is 40.2 Å². The van der Waals surface area contributed by atoms with E-state index in [-0.39, 0.29) is 5.91 Å². The van der Waals surface area contributed by atoms with Gasteiger partial charge in [-0.2, -0.15) is 0 Å². The molecule has 1 fully saturated rings. The molecular weight excluding hydrogens is 240 g/mol. The summed E-state index contributed by atoms with van der Waals surface area (Å²) in [6.45, 7) is 2.05. The maximum Gasteiger partial charge on any atom is 0.266 e. The number of aryl methyl sites for hydroxylation is 1. The molecule has 0 unspecified atom stereocenters. The number of likely N-dealkylation sites (N-methyl/N-ethyl adjacent to an activating group) is 1. The maximum atomic E-state index is 11.9. The van der Waals surface area contributed by atoms with Gasteiger partial charge in [0.25, 0.3) is 5.91 Å². The lowest BCUT2D eigenvalue weighted by atomic mass is 10.3. The van der Waals surface area contributed by atoms with Gasteiger partial charge in [-0.3, -0.25) is 14.7 Å². The first-order valence-electron chi connectivity index (χ1n) is 4.82. The predicted octanol–water partition coefficient (Wildman–Crippen LogP) is 2.59. The fraction of sp³-hybridized carbons (Fsp3) is 0.273. The SMILES string of the molecule is CN=C1S/C(=C/c2sccc2C)C(=O)N1C. The summed E-state index contributed by atoms with van der Waals surface area (Å²) in [5.41, 5.74) is 1.20. The van der Waals surface area contributed by atoms with Crippen LogP contribution in [0.3, 0.4) is 0 Å². The molecule has 0 bridgehead atoms. The Morgan fingerprint density at radius 3 is 2.75 bits per heavy atom. The minimum absolute atomic E-state index is 0.0263. The van der Waals surface area contributed by atoms with E-state index in [9.17, 15) is 4.79 Å². The third kappa shape index (κ3) is 1.92. The second-order valence-corrected chi connectivity index (χ2v) is 5.41. The van der Waals surface area contributed by atoms with Gasteiger partial charge in [0.2, 0.25) is 0 Å². The van der Waals surface area contributed by atoms with E-state index in [1.54, 1.807) is 30.3 Å². The summed E-state index contributed by atoms with van der Waals surface area (Å²) in [5, 5.41) is 2.79. The van der Waals surface area contributed by atoms with Gasteiger partial charge in [-0.1, -0.05) is 0 Å². The Morgan fingerprint density at radius 2 is 2.25 bits per heavy atom. The third-order valence-corrected chi connectivity index (χ3v) is 4.48. The first-order valence-corrected chi connectivity index (χ1v) is 6.51. The number of carbonyl (C=O) groups is 1. The van der Waals surface area contributed by atoms with Crippen molar-refractivity contribution in [2.75, 3.05) is 14.1 Å². The van der Waals surface area contributed by atoms with Gasteiger partial charge in [-0.05, 0) is 41.8 Å². The molecule has 1 aliphatic rings. The lowest BCUT2D eigenvalue weighted by Gasteiger charge is -2.04. The van der Waals surface area contributed by atoms with Crippen LogP contribution in [0.5, 0.6) is 0 Å². The Bertz CT molecular complexity index is 488. The molecule has 0 aromatic carbocycles. The Kier molecular flexibility index (Phi) is 3.16. The fourth-order valence-electron chi connectivity index (χ4n) is 1.40. The van der Waals surface area contributed by atoms with Crippen LogP contribution in [0, 0.1) is 6.92 Å². The topological polar surface area (TPSA) is 32.7 Å². The number of aliphatic imine (C=N–C) groups is 1. The molecule has 2 rings (SSSR count). The number of amides is 1. The zero-order chi connectivity index (χ0) is 11.7. The molecule has 0 spiro atoms. The van der Waals surface area contributed by atoms with Crippen molar-refractivity contribution in [2.24, 2.45) is 4.99 Å². The van der Waals surface area contributed by atoms with Gasteiger partial charge in [0.15, 0.2) is 5.17 Å². The number of carbonyl (C=O) groups excluding carboxylic acids is 1. The minimum Gasteiger partial charge on any atom is -0.290 e. The molecule has 1 saturated heterocycles. The van der Waals surface area contributed by atoms with E-state index in [0.717, 1.165) is 14.9 Å². The lowest BCUT2D eigenvalue weighted by molar-refractivity contribution is -0.121. The van der Waals surface area contributed by atoms with E-state index >= 15 is 0 Å². The summed E-state index contributed by atoms with van der Waals surface area (Å²) in [4.78, 5) is 19.4. The van der Waals surface area contributed by atoms with Crippen molar-refractivity contribution in [3.05, 3.63) is 26.8 Å². The zero-order valence-corrected chi connectivity index (χ0v) is 11.0. The molecule has 0 saturated carbocycles. The third-order valence-electron chi connectivity index (χ3n) is 2.36. The predicted molar refractivity (Wildman–Crippen MR) is 70.8 cm³/mol. The smallest absolute Gasteiger partial charge is 0.266 e. The highest BCUT2D eigenvalue weighted by molar-refractivity contribution is 8.18. The highest BCUT2D eigenvalue weighted by atomic mass is 32.2. The van der Waals surface area contributed by atoms with Crippen LogP contribution in [0.1, 0.15) is 10.4 Å². The summed E-state index contributed by atoms with van der Waals surface area (Å²) in [6.07, 6.45) is 1.95. The number of rotatable bonds is 1. The molecule has 0 aliphatic carbocycles. The maximum absolute atomic E-state index is 11.9. The normalized spacial score (nSPS) is 21.4. The molecule has 84 valence electrons. The van der Waals surface area contributed by atoms with E-state index in [4.69, 9.17) is 0 Å². The van der Waals surface area contributed by atoms with Crippen LogP contribution >= 0.6 is 23.1 Å². The summed E-state index contributed by atoms with van der Waals surface area (Å²) >= 11 is 3.08. The van der Waals surface area contributed by atoms with Crippen LogP contribution in [0.2, 0.25) is 0 Å². The van der Waals surface area contributed by atoms with E-state index in [1.165, 1.54) is 17.3 Å². The van der Waals surface area contributed by atoms with Crippen molar-refractivity contribution in [3.63, 3.8) is 0 Å². The minimum atomic E-state index is 0.0263.